The van der Waals surface area contributed by atoms with Crippen LogP contribution in [-0.2, 0) is 28.7 Å². The third kappa shape index (κ3) is 17.4. The summed E-state index contributed by atoms with van der Waals surface area (Å²) in [4.78, 5) is 50.9. The zero-order chi connectivity index (χ0) is 27.0. The van der Waals surface area contributed by atoms with Gasteiger partial charge in [-0.25, -0.2) is 0 Å². The number of Topliss-reactive ketones (excluding diaryl/α,β-unsaturated/α-hetero) is 1. The Labute approximate surface area is 217 Å². The summed E-state index contributed by atoms with van der Waals surface area (Å²) in [6, 6.07) is 0. The van der Waals surface area contributed by atoms with E-state index in [1.807, 2.05) is 0 Å². The second-order valence-electron chi connectivity index (χ2n) is 9.29. The number of hydrogen-bond acceptors (Lipinski definition) is 8. The number of nitrogens with one attached hydrogen (secondary N) is 1. The number of carbonyl (C=O) groups is 4. The molecule has 0 spiro atoms. The van der Waals surface area contributed by atoms with Gasteiger partial charge in [0.25, 0.3) is 5.91 Å². The van der Waals surface area contributed by atoms with Crippen LogP contribution in [0.5, 0.6) is 0 Å². The highest BCUT2D eigenvalue weighted by Gasteiger charge is 2.39. The standard InChI is InChI=1S/C27H51N3O6/c1-3-5-7-9-11-13-17-23(32)35-25(22(31)16-15-19-28)26(27(34)30-21-20-29)36-24(33)18-14-12-10-8-6-4-2/h25-26H,3-21,28-29H2,1-2H3,(H,30,34)/t25-,26+/m0/s1. The van der Waals surface area contributed by atoms with E-state index in [4.69, 9.17) is 20.9 Å². The first kappa shape index (κ1) is 34.0. The van der Waals surface area contributed by atoms with E-state index in [-0.39, 0.29) is 38.9 Å². The molecule has 0 aromatic heterocycles. The van der Waals surface area contributed by atoms with Gasteiger partial charge in [-0.15, -0.1) is 0 Å². The average molecular weight is 514 g/mol. The molecule has 0 aromatic rings. The molecule has 0 unspecified atom stereocenters. The van der Waals surface area contributed by atoms with Crippen LogP contribution in [0.3, 0.4) is 0 Å². The maximum atomic E-state index is 12.9. The van der Waals surface area contributed by atoms with E-state index in [9.17, 15) is 19.2 Å². The van der Waals surface area contributed by atoms with Crippen LogP contribution >= 0.6 is 0 Å². The molecule has 9 heteroatoms. The van der Waals surface area contributed by atoms with Gasteiger partial charge in [0.1, 0.15) is 0 Å². The van der Waals surface area contributed by atoms with E-state index in [1.165, 1.54) is 0 Å². The number of nitrogens with two attached hydrogens (primary N) is 2. The van der Waals surface area contributed by atoms with E-state index in [0.29, 0.717) is 19.3 Å². The second kappa shape index (κ2) is 23.4. The number of ether oxygens (including phenoxy) is 2. The molecule has 210 valence electrons. The molecule has 0 bridgehead atoms. The first-order chi connectivity index (χ1) is 17.4. The van der Waals surface area contributed by atoms with Gasteiger partial charge in [0, 0.05) is 32.4 Å². The van der Waals surface area contributed by atoms with Gasteiger partial charge in [0.05, 0.1) is 0 Å². The molecule has 0 aliphatic heterocycles. The Kier molecular flexibility index (Phi) is 22.1. The van der Waals surface area contributed by atoms with Crippen LogP contribution in [-0.4, -0.2) is 55.5 Å². The van der Waals surface area contributed by atoms with Crippen molar-refractivity contribution < 1.29 is 28.7 Å². The summed E-state index contributed by atoms with van der Waals surface area (Å²) in [6.07, 6.45) is 9.49. The highest BCUT2D eigenvalue weighted by atomic mass is 16.6. The van der Waals surface area contributed by atoms with Crippen molar-refractivity contribution in [2.45, 2.75) is 129 Å². The molecule has 0 saturated carbocycles. The zero-order valence-corrected chi connectivity index (χ0v) is 22.7. The molecular weight excluding hydrogens is 462 g/mol. The lowest BCUT2D eigenvalue weighted by molar-refractivity contribution is -0.176. The number of carbonyl (C=O) groups excluding carboxylic acids is 4. The first-order valence-corrected chi connectivity index (χ1v) is 14.0. The van der Waals surface area contributed by atoms with Gasteiger partial charge in [-0.3, -0.25) is 19.2 Å². The predicted octanol–water partition coefficient (Wildman–Crippen LogP) is 3.69. The summed E-state index contributed by atoms with van der Waals surface area (Å²) in [5, 5.41) is 2.56. The minimum Gasteiger partial charge on any atom is -0.450 e. The molecule has 0 radical (unpaired) electrons. The Morgan fingerprint density at radius 3 is 1.56 bits per heavy atom. The minimum atomic E-state index is -1.55. The monoisotopic (exact) mass is 513 g/mol. The Morgan fingerprint density at radius 1 is 0.611 bits per heavy atom. The van der Waals surface area contributed by atoms with Gasteiger partial charge < -0.3 is 26.3 Å². The lowest BCUT2D eigenvalue weighted by Crippen LogP contribution is -2.51. The van der Waals surface area contributed by atoms with Gasteiger partial charge >= 0.3 is 11.9 Å². The molecular formula is C27H51N3O6. The summed E-state index contributed by atoms with van der Waals surface area (Å²) < 4.78 is 10.9. The van der Waals surface area contributed by atoms with Gasteiger partial charge in [-0.1, -0.05) is 78.1 Å². The number of unbranched alkanes of at least 4 members (excludes halogenated alkanes) is 10. The lowest BCUT2D eigenvalue weighted by atomic mass is 10.0. The fourth-order valence-corrected chi connectivity index (χ4v) is 3.76. The fourth-order valence-electron chi connectivity index (χ4n) is 3.76. The molecule has 0 aliphatic rings. The number of ketones is 1. The van der Waals surface area contributed by atoms with Crippen molar-refractivity contribution in [3.63, 3.8) is 0 Å². The molecule has 0 saturated heterocycles. The quantitative estimate of drug-likeness (QED) is 0.131. The van der Waals surface area contributed by atoms with Crippen LogP contribution in [0.15, 0.2) is 0 Å². The minimum absolute atomic E-state index is 0.0150. The molecule has 36 heavy (non-hydrogen) atoms. The molecule has 9 nitrogen and oxygen atoms in total. The van der Waals surface area contributed by atoms with Crippen LogP contribution in [0.25, 0.3) is 0 Å². The van der Waals surface area contributed by atoms with Crippen LogP contribution in [0.4, 0.5) is 0 Å². The molecule has 1 amide bonds. The number of rotatable bonds is 24. The molecule has 2 atom stereocenters. The maximum absolute atomic E-state index is 12.9. The van der Waals surface area contributed by atoms with Crippen LogP contribution in [0.1, 0.15) is 117 Å². The molecule has 0 aliphatic carbocycles. The van der Waals surface area contributed by atoms with Crippen molar-refractivity contribution in [1.29, 1.82) is 0 Å². The van der Waals surface area contributed by atoms with Crippen molar-refractivity contribution in [1.82, 2.24) is 5.32 Å². The van der Waals surface area contributed by atoms with Crippen molar-refractivity contribution in [3.8, 4) is 0 Å². The summed E-state index contributed by atoms with van der Waals surface area (Å²) in [5.41, 5.74) is 11.0. The predicted molar refractivity (Wildman–Crippen MR) is 141 cm³/mol. The highest BCUT2D eigenvalue weighted by Crippen LogP contribution is 2.16. The van der Waals surface area contributed by atoms with E-state index >= 15 is 0 Å². The van der Waals surface area contributed by atoms with E-state index in [2.05, 4.69) is 19.2 Å². The smallest absolute Gasteiger partial charge is 0.306 e. The van der Waals surface area contributed by atoms with Crippen LogP contribution in [0.2, 0.25) is 0 Å². The first-order valence-electron chi connectivity index (χ1n) is 14.0. The van der Waals surface area contributed by atoms with Crippen molar-refractivity contribution in [2.75, 3.05) is 19.6 Å². The van der Waals surface area contributed by atoms with E-state index in [1.54, 1.807) is 0 Å². The van der Waals surface area contributed by atoms with Crippen molar-refractivity contribution in [3.05, 3.63) is 0 Å². The third-order valence-electron chi connectivity index (χ3n) is 5.91. The summed E-state index contributed by atoms with van der Waals surface area (Å²) >= 11 is 0. The SMILES string of the molecule is CCCCCCCCC(=O)O[C@@H](C(=O)CCCN)[C@@H](OC(=O)CCCCCCCC)C(=O)NCCN. The van der Waals surface area contributed by atoms with Gasteiger partial charge in [0.2, 0.25) is 12.2 Å². The van der Waals surface area contributed by atoms with Crippen molar-refractivity contribution in [2.24, 2.45) is 11.5 Å². The number of hydrogen-bond donors (Lipinski definition) is 3. The molecule has 0 heterocycles. The van der Waals surface area contributed by atoms with E-state index in [0.717, 1.165) is 64.2 Å². The molecule has 0 rings (SSSR count). The van der Waals surface area contributed by atoms with Gasteiger partial charge in [0.15, 0.2) is 5.78 Å². The Bertz CT molecular complexity index is 562. The number of amides is 1. The summed E-state index contributed by atoms with van der Waals surface area (Å²) in [6.45, 7) is 4.86. The second-order valence-corrected chi connectivity index (χ2v) is 9.29. The fraction of sp³-hybridized carbons (Fsp3) is 0.852. The van der Waals surface area contributed by atoms with Gasteiger partial charge in [-0.2, -0.15) is 0 Å². The Hall–Kier alpha value is -2.00. The van der Waals surface area contributed by atoms with Gasteiger partial charge in [-0.05, 0) is 25.8 Å². The molecule has 0 fully saturated rings. The zero-order valence-electron chi connectivity index (χ0n) is 22.7. The molecule has 0 aromatic carbocycles. The Balaban J connectivity index is 5.22. The summed E-state index contributed by atoms with van der Waals surface area (Å²) in [7, 11) is 0. The molecule has 5 N–H and O–H groups in total. The highest BCUT2D eigenvalue weighted by molar-refractivity contribution is 5.94. The largest absolute Gasteiger partial charge is 0.450 e. The summed E-state index contributed by atoms with van der Waals surface area (Å²) in [5.74, 6) is -2.37. The van der Waals surface area contributed by atoms with E-state index < -0.39 is 35.8 Å². The third-order valence-corrected chi connectivity index (χ3v) is 5.91. The lowest BCUT2D eigenvalue weighted by Gasteiger charge is -2.25. The van der Waals surface area contributed by atoms with Crippen LogP contribution < -0.4 is 16.8 Å². The number of esters is 2. The van der Waals surface area contributed by atoms with Crippen molar-refractivity contribution >= 4 is 23.6 Å². The topological polar surface area (TPSA) is 151 Å². The normalized spacial score (nSPS) is 12.6. The van der Waals surface area contributed by atoms with Crippen LogP contribution in [0, 0.1) is 0 Å². The maximum Gasteiger partial charge on any atom is 0.306 e. The average Bonchev–Trinajstić information content (AvgIpc) is 2.87. The Morgan fingerprint density at radius 2 is 1.08 bits per heavy atom.